The van der Waals surface area contributed by atoms with Crippen LogP contribution in [-0.2, 0) is 11.2 Å². The molecule has 0 unspecified atom stereocenters. The van der Waals surface area contributed by atoms with E-state index in [-0.39, 0.29) is 16.9 Å². The fourth-order valence-corrected chi connectivity index (χ4v) is 1.79. The maximum absolute atomic E-state index is 12.0. The molecule has 1 rings (SSSR count). The lowest BCUT2D eigenvalue weighted by atomic mass is 9.89. The highest BCUT2D eigenvalue weighted by molar-refractivity contribution is 5.88. The van der Waals surface area contributed by atoms with Gasteiger partial charge in [-0.1, -0.05) is 26.8 Å². The maximum Gasteiger partial charge on any atom is 0.335 e. The lowest BCUT2D eigenvalue weighted by Gasteiger charge is -2.21. The molecule has 0 aliphatic heterocycles. The van der Waals surface area contributed by atoms with Crippen molar-refractivity contribution in [2.45, 2.75) is 33.6 Å². The van der Waals surface area contributed by atoms with E-state index in [0.29, 0.717) is 18.7 Å². The second-order valence-corrected chi connectivity index (χ2v) is 5.58. The standard InChI is InChI=1S/C16H23NO4/c1-5-16(2,3)15(20)17-9-8-11-6-7-12(14(18)19)10-13(11)21-4/h6-7,10H,5,8-9H2,1-4H3,(H,17,20)(H,18,19). The number of methoxy groups -OCH3 is 1. The quantitative estimate of drug-likeness (QED) is 0.810. The summed E-state index contributed by atoms with van der Waals surface area (Å²) >= 11 is 0. The van der Waals surface area contributed by atoms with Crippen molar-refractivity contribution in [3.63, 3.8) is 0 Å². The summed E-state index contributed by atoms with van der Waals surface area (Å²) in [5, 5.41) is 11.8. The normalized spacial score (nSPS) is 11.0. The number of hydrogen-bond acceptors (Lipinski definition) is 3. The van der Waals surface area contributed by atoms with Crippen molar-refractivity contribution in [2.24, 2.45) is 5.41 Å². The topological polar surface area (TPSA) is 75.6 Å². The SMILES string of the molecule is CCC(C)(C)C(=O)NCCc1ccc(C(=O)O)cc1OC. The molecule has 1 aromatic rings. The predicted octanol–water partition coefficient (Wildman–Crippen LogP) is 2.49. The smallest absolute Gasteiger partial charge is 0.335 e. The number of nitrogens with one attached hydrogen (secondary N) is 1. The first-order valence-electron chi connectivity index (χ1n) is 7.00. The number of aromatic carboxylic acids is 1. The Kier molecular flexibility index (Phi) is 5.76. The summed E-state index contributed by atoms with van der Waals surface area (Å²) in [5.74, 6) is -0.442. The van der Waals surface area contributed by atoms with E-state index in [1.165, 1.54) is 19.2 Å². The van der Waals surface area contributed by atoms with Gasteiger partial charge in [0, 0.05) is 12.0 Å². The predicted molar refractivity (Wildman–Crippen MR) is 80.7 cm³/mol. The number of ether oxygens (including phenoxy) is 1. The van der Waals surface area contributed by atoms with Crippen LogP contribution >= 0.6 is 0 Å². The van der Waals surface area contributed by atoms with Crippen LogP contribution in [0.25, 0.3) is 0 Å². The molecule has 0 atom stereocenters. The molecule has 0 aliphatic rings. The van der Waals surface area contributed by atoms with Crippen molar-refractivity contribution in [3.05, 3.63) is 29.3 Å². The number of hydrogen-bond donors (Lipinski definition) is 2. The Labute approximate surface area is 125 Å². The Balaban J connectivity index is 2.68. The van der Waals surface area contributed by atoms with Gasteiger partial charge < -0.3 is 15.2 Å². The van der Waals surface area contributed by atoms with E-state index < -0.39 is 5.97 Å². The highest BCUT2D eigenvalue weighted by Gasteiger charge is 2.24. The molecule has 5 heteroatoms. The van der Waals surface area contributed by atoms with Gasteiger partial charge in [0.15, 0.2) is 0 Å². The minimum atomic E-state index is -0.988. The fraction of sp³-hybridized carbons (Fsp3) is 0.500. The second kappa shape index (κ2) is 7.11. The fourth-order valence-electron chi connectivity index (χ4n) is 1.79. The number of carbonyl (C=O) groups is 2. The molecule has 5 nitrogen and oxygen atoms in total. The van der Waals surface area contributed by atoms with Gasteiger partial charge in [-0.3, -0.25) is 4.79 Å². The lowest BCUT2D eigenvalue weighted by Crippen LogP contribution is -2.37. The summed E-state index contributed by atoms with van der Waals surface area (Å²) in [6, 6.07) is 4.76. The van der Waals surface area contributed by atoms with E-state index >= 15 is 0 Å². The molecule has 1 aromatic carbocycles. The van der Waals surface area contributed by atoms with Crippen molar-refractivity contribution in [1.29, 1.82) is 0 Å². The van der Waals surface area contributed by atoms with Gasteiger partial charge >= 0.3 is 5.97 Å². The van der Waals surface area contributed by atoms with Gasteiger partial charge in [-0.05, 0) is 30.5 Å². The van der Waals surface area contributed by atoms with Crippen molar-refractivity contribution < 1.29 is 19.4 Å². The molecule has 0 spiro atoms. The zero-order valence-electron chi connectivity index (χ0n) is 13.0. The second-order valence-electron chi connectivity index (χ2n) is 5.58. The molecule has 0 saturated heterocycles. The molecule has 0 aliphatic carbocycles. The van der Waals surface area contributed by atoms with Crippen molar-refractivity contribution >= 4 is 11.9 Å². The monoisotopic (exact) mass is 293 g/mol. The summed E-state index contributed by atoms with van der Waals surface area (Å²) in [7, 11) is 1.50. The number of amides is 1. The first kappa shape index (κ1) is 17.0. The van der Waals surface area contributed by atoms with Gasteiger partial charge in [-0.15, -0.1) is 0 Å². The van der Waals surface area contributed by atoms with Crippen molar-refractivity contribution in [2.75, 3.05) is 13.7 Å². The average molecular weight is 293 g/mol. The van der Waals surface area contributed by atoms with E-state index in [1.54, 1.807) is 6.07 Å². The summed E-state index contributed by atoms with van der Waals surface area (Å²) < 4.78 is 5.21. The zero-order chi connectivity index (χ0) is 16.0. The van der Waals surface area contributed by atoms with Crippen molar-refractivity contribution in [1.82, 2.24) is 5.32 Å². The minimum absolute atomic E-state index is 0.0196. The summed E-state index contributed by atoms with van der Waals surface area (Å²) in [5.41, 5.74) is 0.681. The van der Waals surface area contributed by atoms with E-state index in [4.69, 9.17) is 9.84 Å². The number of benzene rings is 1. The van der Waals surface area contributed by atoms with Gasteiger partial charge in [0.2, 0.25) is 5.91 Å². The van der Waals surface area contributed by atoms with Crippen LogP contribution in [0.1, 0.15) is 43.1 Å². The van der Waals surface area contributed by atoms with E-state index in [0.717, 1.165) is 12.0 Å². The number of rotatable bonds is 7. The third-order valence-electron chi connectivity index (χ3n) is 3.71. The Morgan fingerprint density at radius 2 is 2.00 bits per heavy atom. The third-order valence-corrected chi connectivity index (χ3v) is 3.71. The number of carboxylic acids is 1. The van der Waals surface area contributed by atoms with Crippen LogP contribution in [0.2, 0.25) is 0 Å². The van der Waals surface area contributed by atoms with Gasteiger partial charge in [0.05, 0.1) is 12.7 Å². The van der Waals surface area contributed by atoms with E-state index in [1.807, 2.05) is 20.8 Å². The molecule has 0 saturated carbocycles. The number of carbonyl (C=O) groups excluding carboxylic acids is 1. The third kappa shape index (κ3) is 4.48. The van der Waals surface area contributed by atoms with Gasteiger partial charge in [-0.2, -0.15) is 0 Å². The molecule has 0 heterocycles. The first-order chi connectivity index (χ1) is 9.81. The van der Waals surface area contributed by atoms with E-state index in [9.17, 15) is 9.59 Å². The molecule has 0 bridgehead atoms. The van der Waals surface area contributed by atoms with Crippen LogP contribution in [0.5, 0.6) is 5.75 Å². The van der Waals surface area contributed by atoms with Gasteiger partial charge in [0.1, 0.15) is 5.75 Å². The average Bonchev–Trinajstić information content (AvgIpc) is 2.46. The maximum atomic E-state index is 12.0. The molecular formula is C16H23NO4. The van der Waals surface area contributed by atoms with Crippen LogP contribution in [0.3, 0.4) is 0 Å². The molecule has 0 fully saturated rings. The highest BCUT2D eigenvalue weighted by Crippen LogP contribution is 2.22. The van der Waals surface area contributed by atoms with Crippen LogP contribution < -0.4 is 10.1 Å². The zero-order valence-corrected chi connectivity index (χ0v) is 13.0. The molecule has 1 amide bonds. The van der Waals surface area contributed by atoms with Crippen LogP contribution in [-0.4, -0.2) is 30.6 Å². The molecule has 21 heavy (non-hydrogen) atoms. The van der Waals surface area contributed by atoms with Crippen LogP contribution in [0, 0.1) is 5.41 Å². The molecule has 0 radical (unpaired) electrons. The largest absolute Gasteiger partial charge is 0.496 e. The van der Waals surface area contributed by atoms with E-state index in [2.05, 4.69) is 5.32 Å². The highest BCUT2D eigenvalue weighted by atomic mass is 16.5. The van der Waals surface area contributed by atoms with Crippen molar-refractivity contribution in [3.8, 4) is 5.75 Å². The Hall–Kier alpha value is -2.04. The summed E-state index contributed by atoms with van der Waals surface area (Å²) in [4.78, 5) is 22.9. The Morgan fingerprint density at radius 3 is 2.52 bits per heavy atom. The summed E-state index contributed by atoms with van der Waals surface area (Å²) in [6.45, 7) is 6.29. The first-order valence-corrected chi connectivity index (χ1v) is 7.00. The lowest BCUT2D eigenvalue weighted by molar-refractivity contribution is -0.129. The Morgan fingerprint density at radius 1 is 1.33 bits per heavy atom. The summed E-state index contributed by atoms with van der Waals surface area (Å²) in [6.07, 6.45) is 1.37. The molecule has 0 aromatic heterocycles. The van der Waals surface area contributed by atoms with Crippen LogP contribution in [0.4, 0.5) is 0 Å². The van der Waals surface area contributed by atoms with Gasteiger partial charge in [0.25, 0.3) is 0 Å². The van der Waals surface area contributed by atoms with Gasteiger partial charge in [-0.25, -0.2) is 4.79 Å². The molecule has 2 N–H and O–H groups in total. The molecule has 116 valence electrons. The minimum Gasteiger partial charge on any atom is -0.496 e. The Bertz CT molecular complexity index is 523. The van der Waals surface area contributed by atoms with Crippen LogP contribution in [0.15, 0.2) is 18.2 Å². The molecular weight excluding hydrogens is 270 g/mol. The number of carboxylic acid groups (broad SMARTS) is 1.